The lowest BCUT2D eigenvalue weighted by atomic mass is 10.0. The predicted octanol–water partition coefficient (Wildman–Crippen LogP) is 4.00. The molecule has 3 aromatic rings. The molecule has 0 saturated carbocycles. The minimum atomic E-state index is -4.17. The van der Waals surface area contributed by atoms with Gasteiger partial charge in [0.2, 0.25) is 0 Å². The summed E-state index contributed by atoms with van der Waals surface area (Å²) in [6.07, 6.45) is 0. The number of rotatable bonds is 6. The standard InChI is InChI=1S/C24H22N4O6S/c1-15-14-20(12-13-21(15)25-23(29)18-8-10-19(11-9-18)28(31)32)35(33,34)27-16(2)22(26-24(27)30)17-6-4-3-5-7-17/h3-14,16,22H,1-2H3,(H,25,29)(H,26,30)/t16?,22-/m1/s1. The van der Waals surface area contributed by atoms with E-state index < -0.39 is 39.0 Å². The normalized spacial score (nSPS) is 17.7. The predicted molar refractivity (Wildman–Crippen MR) is 128 cm³/mol. The molecule has 1 aliphatic rings. The fourth-order valence-electron chi connectivity index (χ4n) is 3.97. The van der Waals surface area contributed by atoms with Crippen LogP contribution in [-0.2, 0) is 10.0 Å². The summed E-state index contributed by atoms with van der Waals surface area (Å²) in [4.78, 5) is 35.3. The number of nitro benzene ring substituents is 1. The molecule has 2 N–H and O–H groups in total. The van der Waals surface area contributed by atoms with E-state index in [9.17, 15) is 28.1 Å². The average molecular weight is 495 g/mol. The zero-order chi connectivity index (χ0) is 25.3. The molecule has 1 aliphatic heterocycles. The van der Waals surface area contributed by atoms with E-state index in [0.29, 0.717) is 11.3 Å². The number of amides is 3. The van der Waals surface area contributed by atoms with Crippen LogP contribution in [-0.4, -0.2) is 35.6 Å². The minimum Gasteiger partial charge on any atom is -0.328 e. The molecule has 1 saturated heterocycles. The first kappa shape index (κ1) is 23.9. The second kappa shape index (κ2) is 9.18. The first-order valence-corrected chi connectivity index (χ1v) is 12.1. The van der Waals surface area contributed by atoms with Crippen molar-refractivity contribution in [3.05, 3.63) is 99.6 Å². The molecule has 1 fully saturated rings. The summed E-state index contributed by atoms with van der Waals surface area (Å²) in [7, 11) is -4.17. The van der Waals surface area contributed by atoms with Gasteiger partial charge in [0.15, 0.2) is 0 Å². The van der Waals surface area contributed by atoms with Crippen LogP contribution >= 0.6 is 0 Å². The first-order chi connectivity index (χ1) is 16.6. The summed E-state index contributed by atoms with van der Waals surface area (Å²) in [5.41, 5.74) is 1.70. The van der Waals surface area contributed by atoms with Crippen LogP contribution in [0.1, 0.15) is 34.5 Å². The van der Waals surface area contributed by atoms with Crippen molar-refractivity contribution >= 4 is 33.3 Å². The van der Waals surface area contributed by atoms with E-state index in [4.69, 9.17) is 0 Å². The Kier molecular flexibility index (Phi) is 6.27. The summed E-state index contributed by atoms with van der Waals surface area (Å²) in [6.45, 7) is 3.30. The van der Waals surface area contributed by atoms with Gasteiger partial charge in [-0.3, -0.25) is 14.9 Å². The number of hydrogen-bond donors (Lipinski definition) is 2. The maximum Gasteiger partial charge on any atom is 0.332 e. The maximum absolute atomic E-state index is 13.3. The molecular weight excluding hydrogens is 472 g/mol. The molecule has 11 heteroatoms. The molecule has 3 amide bonds. The van der Waals surface area contributed by atoms with Crippen molar-refractivity contribution < 1.29 is 22.9 Å². The summed E-state index contributed by atoms with van der Waals surface area (Å²) < 4.78 is 27.5. The number of nitro groups is 1. The monoisotopic (exact) mass is 494 g/mol. The Bertz CT molecular complexity index is 1410. The van der Waals surface area contributed by atoms with Gasteiger partial charge in [-0.2, -0.15) is 0 Å². The summed E-state index contributed by atoms with van der Waals surface area (Å²) >= 11 is 0. The number of aryl methyl sites for hydroxylation is 1. The number of carbonyl (C=O) groups excluding carboxylic acids is 2. The molecule has 0 aliphatic carbocycles. The molecule has 1 unspecified atom stereocenters. The van der Waals surface area contributed by atoms with Crippen molar-refractivity contribution in [1.82, 2.24) is 9.62 Å². The van der Waals surface area contributed by atoms with Gasteiger partial charge in [0.05, 0.1) is 21.9 Å². The minimum absolute atomic E-state index is 0.0842. The van der Waals surface area contributed by atoms with Gasteiger partial charge in [-0.05, 0) is 55.3 Å². The van der Waals surface area contributed by atoms with Crippen LogP contribution < -0.4 is 10.6 Å². The smallest absolute Gasteiger partial charge is 0.328 e. The zero-order valence-electron chi connectivity index (χ0n) is 18.8. The molecule has 4 rings (SSSR count). The van der Waals surface area contributed by atoms with Gasteiger partial charge < -0.3 is 10.6 Å². The quantitative estimate of drug-likeness (QED) is 0.392. The summed E-state index contributed by atoms with van der Waals surface area (Å²) in [5.74, 6) is -0.503. The Hall–Kier alpha value is -4.25. The Labute approximate surface area is 201 Å². The highest BCUT2D eigenvalue weighted by Gasteiger charge is 2.44. The van der Waals surface area contributed by atoms with Crippen LogP contribution in [0.3, 0.4) is 0 Å². The van der Waals surface area contributed by atoms with Gasteiger partial charge in [0.25, 0.3) is 21.6 Å². The molecule has 0 spiro atoms. The number of nitrogens with zero attached hydrogens (tertiary/aromatic N) is 2. The van der Waals surface area contributed by atoms with Gasteiger partial charge in [-0.25, -0.2) is 17.5 Å². The molecule has 0 bridgehead atoms. The lowest BCUT2D eigenvalue weighted by molar-refractivity contribution is -0.384. The van der Waals surface area contributed by atoms with Crippen LogP contribution in [0.4, 0.5) is 16.2 Å². The van der Waals surface area contributed by atoms with Gasteiger partial charge in [0, 0.05) is 23.4 Å². The van der Waals surface area contributed by atoms with Crippen molar-refractivity contribution in [1.29, 1.82) is 0 Å². The lowest BCUT2D eigenvalue weighted by Crippen LogP contribution is -2.38. The second-order valence-electron chi connectivity index (χ2n) is 8.11. The fraction of sp³-hybridized carbons (Fsp3) is 0.167. The van der Waals surface area contributed by atoms with E-state index in [-0.39, 0.29) is 16.1 Å². The molecule has 0 radical (unpaired) electrons. The molecule has 180 valence electrons. The van der Waals surface area contributed by atoms with E-state index in [1.54, 1.807) is 13.8 Å². The molecule has 3 aromatic carbocycles. The van der Waals surface area contributed by atoms with Crippen LogP contribution in [0.15, 0.2) is 77.7 Å². The Morgan fingerprint density at radius 1 is 1.06 bits per heavy atom. The lowest BCUT2D eigenvalue weighted by Gasteiger charge is -2.23. The summed E-state index contributed by atoms with van der Waals surface area (Å²) in [5, 5.41) is 16.2. The van der Waals surface area contributed by atoms with Crippen molar-refractivity contribution in [2.24, 2.45) is 0 Å². The number of urea groups is 1. The topological polar surface area (TPSA) is 139 Å². The molecule has 35 heavy (non-hydrogen) atoms. The molecule has 2 atom stereocenters. The number of hydrogen-bond acceptors (Lipinski definition) is 6. The van der Waals surface area contributed by atoms with Crippen LogP contribution in [0.5, 0.6) is 0 Å². The number of carbonyl (C=O) groups is 2. The van der Waals surface area contributed by atoms with Gasteiger partial charge >= 0.3 is 6.03 Å². The molecule has 1 heterocycles. The third kappa shape index (κ3) is 4.58. The maximum atomic E-state index is 13.3. The Morgan fingerprint density at radius 2 is 1.71 bits per heavy atom. The highest BCUT2D eigenvalue weighted by Crippen LogP contribution is 2.32. The molecule has 10 nitrogen and oxygen atoms in total. The fourth-order valence-corrected chi connectivity index (χ4v) is 5.59. The average Bonchev–Trinajstić information content (AvgIpc) is 3.15. The second-order valence-corrected chi connectivity index (χ2v) is 9.93. The zero-order valence-corrected chi connectivity index (χ0v) is 19.7. The van der Waals surface area contributed by atoms with Crippen LogP contribution in [0, 0.1) is 17.0 Å². The number of non-ortho nitro benzene ring substituents is 1. The molecular formula is C24H22N4O6S. The van der Waals surface area contributed by atoms with E-state index in [1.165, 1.54) is 42.5 Å². The Balaban J connectivity index is 1.55. The van der Waals surface area contributed by atoms with Crippen LogP contribution in [0.2, 0.25) is 0 Å². The van der Waals surface area contributed by atoms with Crippen LogP contribution in [0.25, 0.3) is 0 Å². The number of nitrogens with one attached hydrogen (secondary N) is 2. The number of anilines is 1. The highest BCUT2D eigenvalue weighted by molar-refractivity contribution is 7.89. The van der Waals surface area contributed by atoms with Gasteiger partial charge in [-0.15, -0.1) is 0 Å². The third-order valence-corrected chi connectivity index (χ3v) is 7.70. The number of benzene rings is 3. The Morgan fingerprint density at radius 3 is 2.31 bits per heavy atom. The van der Waals surface area contributed by atoms with E-state index in [1.807, 2.05) is 30.3 Å². The molecule has 0 aromatic heterocycles. The van der Waals surface area contributed by atoms with Crippen molar-refractivity contribution in [2.45, 2.75) is 30.8 Å². The highest BCUT2D eigenvalue weighted by atomic mass is 32.2. The summed E-state index contributed by atoms with van der Waals surface area (Å²) in [6, 6.07) is 16.5. The largest absolute Gasteiger partial charge is 0.332 e. The third-order valence-electron chi connectivity index (χ3n) is 5.83. The van der Waals surface area contributed by atoms with E-state index in [0.717, 1.165) is 9.87 Å². The van der Waals surface area contributed by atoms with Crippen molar-refractivity contribution in [3.63, 3.8) is 0 Å². The van der Waals surface area contributed by atoms with E-state index in [2.05, 4.69) is 10.6 Å². The van der Waals surface area contributed by atoms with Gasteiger partial charge in [-0.1, -0.05) is 30.3 Å². The van der Waals surface area contributed by atoms with Gasteiger partial charge in [0.1, 0.15) is 0 Å². The number of sulfonamides is 1. The van der Waals surface area contributed by atoms with Crippen molar-refractivity contribution in [3.8, 4) is 0 Å². The van der Waals surface area contributed by atoms with E-state index >= 15 is 0 Å². The SMILES string of the molecule is Cc1cc(S(=O)(=O)N2C(=O)N[C@@H](c3ccccc3)C2C)ccc1NC(=O)c1ccc([N+](=O)[O-])cc1. The van der Waals surface area contributed by atoms with Crippen molar-refractivity contribution in [2.75, 3.05) is 5.32 Å². The first-order valence-electron chi connectivity index (χ1n) is 10.7.